The van der Waals surface area contributed by atoms with Gasteiger partial charge in [-0.05, 0) is 25.0 Å². The number of carboxylic acids is 1. The fourth-order valence-electron chi connectivity index (χ4n) is 2.09. The second kappa shape index (κ2) is 6.49. The van der Waals surface area contributed by atoms with Crippen LogP contribution in [-0.2, 0) is 4.79 Å². The first-order valence-corrected chi connectivity index (χ1v) is 7.35. The SMILES string of the molecule is Cc1nc(C(=O)N[C@@H](CC(=O)O)c2ccccc2C)cs1. The number of carbonyl (C=O) groups is 2. The molecule has 2 rings (SSSR count). The molecule has 2 N–H and O–H groups in total. The van der Waals surface area contributed by atoms with E-state index in [0.717, 1.165) is 16.1 Å². The van der Waals surface area contributed by atoms with Crippen LogP contribution in [0.3, 0.4) is 0 Å². The zero-order valence-corrected chi connectivity index (χ0v) is 12.6. The van der Waals surface area contributed by atoms with Crippen LogP contribution in [0.5, 0.6) is 0 Å². The van der Waals surface area contributed by atoms with Crippen LogP contribution >= 0.6 is 11.3 Å². The molecular weight excluding hydrogens is 288 g/mol. The number of amides is 1. The largest absolute Gasteiger partial charge is 0.481 e. The summed E-state index contributed by atoms with van der Waals surface area (Å²) in [6.45, 7) is 3.71. The first-order valence-electron chi connectivity index (χ1n) is 6.47. The number of hydrogen-bond acceptors (Lipinski definition) is 4. The fraction of sp³-hybridized carbons (Fsp3) is 0.267. The first-order chi connectivity index (χ1) is 9.97. The van der Waals surface area contributed by atoms with E-state index < -0.39 is 12.0 Å². The van der Waals surface area contributed by atoms with Crippen molar-refractivity contribution in [2.24, 2.45) is 0 Å². The monoisotopic (exact) mass is 304 g/mol. The Bertz CT molecular complexity index is 666. The van der Waals surface area contributed by atoms with Gasteiger partial charge in [0.25, 0.3) is 5.91 Å². The van der Waals surface area contributed by atoms with Crippen molar-refractivity contribution in [3.8, 4) is 0 Å². The number of nitrogens with zero attached hydrogens (tertiary/aromatic N) is 1. The number of carboxylic acid groups (broad SMARTS) is 1. The number of aromatic nitrogens is 1. The third-order valence-corrected chi connectivity index (χ3v) is 3.87. The van der Waals surface area contributed by atoms with E-state index in [1.54, 1.807) is 5.38 Å². The Morgan fingerprint density at radius 3 is 2.62 bits per heavy atom. The van der Waals surface area contributed by atoms with E-state index in [2.05, 4.69) is 10.3 Å². The van der Waals surface area contributed by atoms with Crippen LogP contribution in [-0.4, -0.2) is 22.0 Å². The third kappa shape index (κ3) is 3.88. The van der Waals surface area contributed by atoms with Crippen molar-refractivity contribution < 1.29 is 14.7 Å². The minimum atomic E-state index is -0.960. The lowest BCUT2D eigenvalue weighted by molar-refractivity contribution is -0.137. The van der Waals surface area contributed by atoms with Gasteiger partial charge in [-0.3, -0.25) is 9.59 Å². The molecule has 1 aromatic carbocycles. The Balaban J connectivity index is 2.23. The van der Waals surface area contributed by atoms with Crippen molar-refractivity contribution in [1.82, 2.24) is 10.3 Å². The average molecular weight is 304 g/mol. The van der Waals surface area contributed by atoms with E-state index in [0.29, 0.717) is 5.69 Å². The Labute approximate surface area is 126 Å². The van der Waals surface area contributed by atoms with Crippen LogP contribution in [0.1, 0.15) is 39.1 Å². The maximum atomic E-state index is 12.2. The zero-order valence-electron chi connectivity index (χ0n) is 11.8. The summed E-state index contributed by atoms with van der Waals surface area (Å²) in [5.74, 6) is -1.31. The lowest BCUT2D eigenvalue weighted by Crippen LogP contribution is -2.30. The van der Waals surface area contributed by atoms with Crippen molar-refractivity contribution in [3.63, 3.8) is 0 Å². The fourth-order valence-corrected chi connectivity index (χ4v) is 2.68. The number of carbonyl (C=O) groups excluding carboxylic acids is 1. The Kier molecular flexibility index (Phi) is 4.70. The third-order valence-electron chi connectivity index (χ3n) is 3.10. The van der Waals surface area contributed by atoms with Gasteiger partial charge >= 0.3 is 5.97 Å². The molecule has 0 saturated heterocycles. The predicted molar refractivity (Wildman–Crippen MR) is 80.5 cm³/mol. The molecule has 0 bridgehead atoms. The van der Waals surface area contributed by atoms with Gasteiger partial charge in [0.05, 0.1) is 17.5 Å². The molecule has 5 nitrogen and oxygen atoms in total. The summed E-state index contributed by atoms with van der Waals surface area (Å²) in [4.78, 5) is 27.3. The molecule has 0 radical (unpaired) electrons. The van der Waals surface area contributed by atoms with Crippen LogP contribution in [0, 0.1) is 13.8 Å². The van der Waals surface area contributed by atoms with Gasteiger partial charge in [0.1, 0.15) is 5.69 Å². The Morgan fingerprint density at radius 2 is 2.05 bits per heavy atom. The number of benzene rings is 1. The molecule has 1 amide bonds. The molecule has 1 heterocycles. The highest BCUT2D eigenvalue weighted by Crippen LogP contribution is 2.21. The number of rotatable bonds is 5. The summed E-state index contributed by atoms with van der Waals surface area (Å²) in [6, 6.07) is 6.86. The van der Waals surface area contributed by atoms with Crippen LogP contribution in [0.25, 0.3) is 0 Å². The predicted octanol–water partition coefficient (Wildman–Crippen LogP) is 2.71. The molecule has 2 aromatic rings. The number of aliphatic carboxylic acids is 1. The van der Waals surface area contributed by atoms with Gasteiger partial charge in [-0.1, -0.05) is 24.3 Å². The second-order valence-corrected chi connectivity index (χ2v) is 5.79. The average Bonchev–Trinajstić information content (AvgIpc) is 2.85. The van der Waals surface area contributed by atoms with E-state index in [4.69, 9.17) is 5.11 Å². The summed E-state index contributed by atoms with van der Waals surface area (Å²) in [7, 11) is 0. The summed E-state index contributed by atoms with van der Waals surface area (Å²) in [5.41, 5.74) is 2.07. The normalized spacial score (nSPS) is 11.9. The number of thiazole rings is 1. The quantitative estimate of drug-likeness (QED) is 0.890. The van der Waals surface area contributed by atoms with Crippen LogP contribution in [0.2, 0.25) is 0 Å². The number of aryl methyl sites for hydroxylation is 2. The van der Waals surface area contributed by atoms with Gasteiger partial charge in [-0.2, -0.15) is 0 Å². The highest BCUT2D eigenvalue weighted by atomic mass is 32.1. The minimum Gasteiger partial charge on any atom is -0.481 e. The van der Waals surface area contributed by atoms with Gasteiger partial charge in [0, 0.05) is 5.38 Å². The van der Waals surface area contributed by atoms with Crippen molar-refractivity contribution in [1.29, 1.82) is 0 Å². The Hall–Kier alpha value is -2.21. The van der Waals surface area contributed by atoms with E-state index in [9.17, 15) is 9.59 Å². The molecule has 0 unspecified atom stereocenters. The highest BCUT2D eigenvalue weighted by Gasteiger charge is 2.21. The lowest BCUT2D eigenvalue weighted by atomic mass is 9.98. The topological polar surface area (TPSA) is 79.3 Å². The summed E-state index contributed by atoms with van der Waals surface area (Å²) >= 11 is 1.38. The van der Waals surface area contributed by atoms with Gasteiger partial charge in [0.15, 0.2) is 0 Å². The molecule has 1 aromatic heterocycles. The molecular formula is C15H16N2O3S. The summed E-state index contributed by atoms with van der Waals surface area (Å²) in [5, 5.41) is 14.3. The van der Waals surface area contributed by atoms with E-state index in [1.165, 1.54) is 11.3 Å². The minimum absolute atomic E-state index is 0.167. The molecule has 21 heavy (non-hydrogen) atoms. The van der Waals surface area contributed by atoms with E-state index >= 15 is 0 Å². The number of hydrogen-bond donors (Lipinski definition) is 2. The highest BCUT2D eigenvalue weighted by molar-refractivity contribution is 7.09. The van der Waals surface area contributed by atoms with Gasteiger partial charge < -0.3 is 10.4 Å². The smallest absolute Gasteiger partial charge is 0.305 e. The van der Waals surface area contributed by atoms with Crippen molar-refractivity contribution >= 4 is 23.2 Å². The van der Waals surface area contributed by atoms with Crippen molar-refractivity contribution in [3.05, 3.63) is 51.5 Å². The molecule has 0 spiro atoms. The van der Waals surface area contributed by atoms with Crippen molar-refractivity contribution in [2.75, 3.05) is 0 Å². The van der Waals surface area contributed by atoms with Crippen LogP contribution < -0.4 is 5.32 Å². The lowest BCUT2D eigenvalue weighted by Gasteiger charge is -2.18. The molecule has 0 aliphatic carbocycles. The van der Waals surface area contributed by atoms with Crippen molar-refractivity contribution in [2.45, 2.75) is 26.3 Å². The van der Waals surface area contributed by atoms with Crippen LogP contribution in [0.4, 0.5) is 0 Å². The molecule has 0 aliphatic heterocycles. The Morgan fingerprint density at radius 1 is 1.33 bits per heavy atom. The molecule has 0 saturated carbocycles. The second-order valence-electron chi connectivity index (χ2n) is 4.73. The summed E-state index contributed by atoms with van der Waals surface area (Å²) < 4.78 is 0. The van der Waals surface area contributed by atoms with Crippen LogP contribution in [0.15, 0.2) is 29.6 Å². The molecule has 1 atom stereocenters. The molecule has 6 heteroatoms. The summed E-state index contributed by atoms with van der Waals surface area (Å²) in [6.07, 6.45) is -0.167. The van der Waals surface area contributed by atoms with Gasteiger partial charge in [0.2, 0.25) is 0 Å². The molecule has 110 valence electrons. The molecule has 0 fully saturated rings. The maximum absolute atomic E-state index is 12.2. The van der Waals surface area contributed by atoms with E-state index in [1.807, 2.05) is 38.1 Å². The van der Waals surface area contributed by atoms with Gasteiger partial charge in [-0.15, -0.1) is 11.3 Å². The number of nitrogens with one attached hydrogen (secondary N) is 1. The maximum Gasteiger partial charge on any atom is 0.305 e. The zero-order chi connectivity index (χ0) is 15.4. The van der Waals surface area contributed by atoms with Gasteiger partial charge in [-0.25, -0.2) is 4.98 Å². The molecule has 0 aliphatic rings. The first kappa shape index (κ1) is 15.2. The standard InChI is InChI=1S/C15H16N2O3S/c1-9-5-3-4-6-11(9)12(7-14(18)19)17-15(20)13-8-21-10(2)16-13/h3-6,8,12H,7H2,1-2H3,(H,17,20)(H,18,19)/t12-/m0/s1. The van der Waals surface area contributed by atoms with E-state index in [-0.39, 0.29) is 12.3 Å².